The summed E-state index contributed by atoms with van der Waals surface area (Å²) in [6.45, 7) is 3.21. The number of carbonyl (C=O) groups excluding carboxylic acids is 1. The number of amides is 1. The number of rotatable bonds is 5. The average Bonchev–Trinajstić information content (AvgIpc) is 2.97. The largest absolute Gasteiger partial charge is 0.369 e. The van der Waals surface area contributed by atoms with Crippen LogP contribution in [0, 0.1) is 6.92 Å². The van der Waals surface area contributed by atoms with E-state index in [1.165, 1.54) is 0 Å². The van der Waals surface area contributed by atoms with Crippen LogP contribution in [-0.2, 0) is 4.79 Å². The van der Waals surface area contributed by atoms with E-state index in [1.807, 2.05) is 31.2 Å². The molecule has 1 fully saturated rings. The van der Waals surface area contributed by atoms with Gasteiger partial charge in [-0.2, -0.15) is 0 Å². The van der Waals surface area contributed by atoms with Crippen LogP contribution in [0.1, 0.15) is 30.0 Å². The molecule has 6 heteroatoms. The number of carbonyl (C=O) groups is 1. The number of likely N-dealkylation sites (tertiary alicyclic amines) is 1. The predicted molar refractivity (Wildman–Crippen MR) is 89.2 cm³/mol. The summed E-state index contributed by atoms with van der Waals surface area (Å²) in [5.41, 5.74) is 7.56. The van der Waals surface area contributed by atoms with Gasteiger partial charge in [-0.3, -0.25) is 9.69 Å². The molecule has 23 heavy (non-hydrogen) atoms. The van der Waals surface area contributed by atoms with Crippen LogP contribution in [-0.4, -0.2) is 33.9 Å². The summed E-state index contributed by atoms with van der Waals surface area (Å²) in [5, 5.41) is 3.26. The lowest BCUT2D eigenvalue weighted by Gasteiger charge is -2.23. The standard InChI is InChI=1S/C17H21N5O/c1-12-4-2-7-20-17(12)21-16-10-13(6-8-19-16)14-5-3-9-22(14)11-15(18)23/h2,4,6-8,10,14H,3,5,9,11H2,1H3,(H2,18,23)(H,19,20,21)/t14-/m1/s1. The van der Waals surface area contributed by atoms with E-state index in [4.69, 9.17) is 5.73 Å². The van der Waals surface area contributed by atoms with Crippen LogP contribution in [0.3, 0.4) is 0 Å². The van der Waals surface area contributed by atoms with Gasteiger partial charge in [-0.05, 0) is 55.6 Å². The average molecular weight is 311 g/mol. The lowest BCUT2D eigenvalue weighted by Crippen LogP contribution is -2.33. The fourth-order valence-corrected chi connectivity index (χ4v) is 3.05. The number of nitrogens with zero attached hydrogens (tertiary/aromatic N) is 3. The van der Waals surface area contributed by atoms with Gasteiger partial charge >= 0.3 is 0 Å². The van der Waals surface area contributed by atoms with Crippen molar-refractivity contribution in [3.05, 3.63) is 47.8 Å². The Hall–Kier alpha value is -2.47. The maximum atomic E-state index is 11.2. The molecule has 0 radical (unpaired) electrons. The zero-order valence-electron chi connectivity index (χ0n) is 13.2. The molecule has 2 aromatic rings. The number of hydrogen-bond donors (Lipinski definition) is 2. The first-order valence-corrected chi connectivity index (χ1v) is 7.80. The van der Waals surface area contributed by atoms with Crippen molar-refractivity contribution in [3.8, 4) is 0 Å². The number of aryl methyl sites for hydroxylation is 1. The van der Waals surface area contributed by atoms with Crippen LogP contribution in [0.4, 0.5) is 11.6 Å². The minimum atomic E-state index is -0.284. The molecule has 2 aromatic heterocycles. The predicted octanol–water partition coefficient (Wildman–Crippen LogP) is 2.15. The van der Waals surface area contributed by atoms with E-state index >= 15 is 0 Å². The third-order valence-electron chi connectivity index (χ3n) is 4.15. The van der Waals surface area contributed by atoms with Crippen molar-refractivity contribution in [1.29, 1.82) is 0 Å². The van der Waals surface area contributed by atoms with Gasteiger partial charge in [0.1, 0.15) is 11.6 Å². The fraction of sp³-hybridized carbons (Fsp3) is 0.353. The van der Waals surface area contributed by atoms with Crippen LogP contribution in [0.25, 0.3) is 0 Å². The van der Waals surface area contributed by atoms with E-state index in [0.717, 1.165) is 42.1 Å². The molecule has 3 heterocycles. The Labute approximate surface area is 135 Å². The van der Waals surface area contributed by atoms with E-state index in [1.54, 1.807) is 12.4 Å². The molecular weight excluding hydrogens is 290 g/mol. The molecule has 0 spiro atoms. The Bertz CT molecular complexity index is 703. The Kier molecular flexibility index (Phi) is 4.52. The molecular formula is C17H21N5O. The SMILES string of the molecule is Cc1cccnc1Nc1cc([C@H]2CCCN2CC(N)=O)ccn1. The van der Waals surface area contributed by atoms with Crippen LogP contribution in [0.2, 0.25) is 0 Å². The molecule has 1 aliphatic heterocycles. The highest BCUT2D eigenvalue weighted by molar-refractivity contribution is 5.76. The molecule has 0 unspecified atom stereocenters. The summed E-state index contributed by atoms with van der Waals surface area (Å²) < 4.78 is 0. The number of primary amides is 1. The Balaban J connectivity index is 1.80. The maximum Gasteiger partial charge on any atom is 0.231 e. The number of hydrogen-bond acceptors (Lipinski definition) is 5. The van der Waals surface area contributed by atoms with Crippen LogP contribution >= 0.6 is 0 Å². The number of nitrogens with one attached hydrogen (secondary N) is 1. The summed E-state index contributed by atoms with van der Waals surface area (Å²) in [4.78, 5) is 22.1. The monoisotopic (exact) mass is 311 g/mol. The molecule has 0 bridgehead atoms. The van der Waals surface area contributed by atoms with Crippen molar-refractivity contribution in [2.75, 3.05) is 18.4 Å². The van der Waals surface area contributed by atoms with Crippen LogP contribution in [0.5, 0.6) is 0 Å². The van der Waals surface area contributed by atoms with Gasteiger partial charge in [0.15, 0.2) is 0 Å². The lowest BCUT2D eigenvalue weighted by atomic mass is 10.1. The molecule has 1 aliphatic rings. The zero-order valence-corrected chi connectivity index (χ0v) is 13.2. The first-order chi connectivity index (χ1) is 11.1. The molecule has 120 valence electrons. The van der Waals surface area contributed by atoms with Crippen molar-refractivity contribution < 1.29 is 4.79 Å². The molecule has 1 amide bonds. The first kappa shape index (κ1) is 15.4. The van der Waals surface area contributed by atoms with Crippen molar-refractivity contribution in [1.82, 2.24) is 14.9 Å². The van der Waals surface area contributed by atoms with Gasteiger partial charge < -0.3 is 11.1 Å². The number of aromatic nitrogens is 2. The third kappa shape index (κ3) is 3.65. The molecule has 0 aromatic carbocycles. The highest BCUT2D eigenvalue weighted by atomic mass is 16.1. The van der Waals surface area contributed by atoms with Crippen molar-refractivity contribution in [2.24, 2.45) is 5.73 Å². The number of nitrogens with two attached hydrogens (primary N) is 1. The zero-order chi connectivity index (χ0) is 16.2. The number of anilines is 2. The van der Waals surface area contributed by atoms with Gasteiger partial charge in [0.05, 0.1) is 6.54 Å². The van der Waals surface area contributed by atoms with Crippen molar-refractivity contribution >= 4 is 17.5 Å². The Morgan fingerprint density at radius 3 is 3.04 bits per heavy atom. The summed E-state index contributed by atoms with van der Waals surface area (Å²) >= 11 is 0. The maximum absolute atomic E-state index is 11.2. The van der Waals surface area contributed by atoms with Gasteiger partial charge in [-0.15, -0.1) is 0 Å². The third-order valence-corrected chi connectivity index (χ3v) is 4.15. The minimum Gasteiger partial charge on any atom is -0.369 e. The highest BCUT2D eigenvalue weighted by Gasteiger charge is 2.27. The van der Waals surface area contributed by atoms with E-state index < -0.39 is 0 Å². The summed E-state index contributed by atoms with van der Waals surface area (Å²) in [6, 6.07) is 8.16. The molecule has 0 aliphatic carbocycles. The molecule has 1 atom stereocenters. The second-order valence-corrected chi connectivity index (χ2v) is 5.86. The molecule has 1 saturated heterocycles. The normalized spacial score (nSPS) is 18.0. The van der Waals surface area contributed by atoms with E-state index in [0.29, 0.717) is 6.54 Å². The second-order valence-electron chi connectivity index (χ2n) is 5.86. The van der Waals surface area contributed by atoms with Gasteiger partial charge in [0, 0.05) is 18.4 Å². The molecule has 0 saturated carbocycles. The van der Waals surface area contributed by atoms with Gasteiger partial charge in [0.25, 0.3) is 0 Å². The van der Waals surface area contributed by atoms with Gasteiger partial charge in [0.2, 0.25) is 5.91 Å². The van der Waals surface area contributed by atoms with Crippen molar-refractivity contribution in [3.63, 3.8) is 0 Å². The minimum absolute atomic E-state index is 0.218. The smallest absolute Gasteiger partial charge is 0.231 e. The second kappa shape index (κ2) is 6.75. The van der Waals surface area contributed by atoms with Crippen LogP contribution < -0.4 is 11.1 Å². The van der Waals surface area contributed by atoms with Gasteiger partial charge in [-0.1, -0.05) is 6.07 Å². The Morgan fingerprint density at radius 1 is 1.39 bits per heavy atom. The molecule has 3 N–H and O–H groups in total. The van der Waals surface area contributed by atoms with E-state index in [-0.39, 0.29) is 11.9 Å². The summed E-state index contributed by atoms with van der Waals surface area (Å²) in [7, 11) is 0. The lowest BCUT2D eigenvalue weighted by molar-refractivity contribution is -0.119. The summed E-state index contributed by atoms with van der Waals surface area (Å²) in [5.74, 6) is 1.28. The molecule has 3 rings (SSSR count). The van der Waals surface area contributed by atoms with Crippen molar-refractivity contribution in [2.45, 2.75) is 25.8 Å². The van der Waals surface area contributed by atoms with Gasteiger partial charge in [-0.25, -0.2) is 9.97 Å². The van der Waals surface area contributed by atoms with E-state index in [9.17, 15) is 4.79 Å². The highest BCUT2D eigenvalue weighted by Crippen LogP contribution is 2.32. The summed E-state index contributed by atoms with van der Waals surface area (Å²) in [6.07, 6.45) is 5.64. The molecule has 6 nitrogen and oxygen atoms in total. The first-order valence-electron chi connectivity index (χ1n) is 7.80. The fourth-order valence-electron chi connectivity index (χ4n) is 3.05. The van der Waals surface area contributed by atoms with E-state index in [2.05, 4.69) is 20.2 Å². The van der Waals surface area contributed by atoms with Crippen LogP contribution in [0.15, 0.2) is 36.7 Å². The Morgan fingerprint density at radius 2 is 2.26 bits per heavy atom. The number of pyridine rings is 2. The quantitative estimate of drug-likeness (QED) is 0.884. The topological polar surface area (TPSA) is 84.1 Å².